The highest BCUT2D eigenvalue weighted by molar-refractivity contribution is 9.10. The van der Waals surface area contributed by atoms with Crippen molar-refractivity contribution >= 4 is 15.9 Å². The summed E-state index contributed by atoms with van der Waals surface area (Å²) in [4.78, 5) is 0. The monoisotopic (exact) mass is 267 g/mol. The minimum atomic E-state index is -2.58. The highest BCUT2D eigenvalue weighted by atomic mass is 79.9. The lowest BCUT2D eigenvalue weighted by molar-refractivity contribution is 0.117. The molecule has 0 spiro atoms. The Bertz CT molecular complexity index is 297. The lowest BCUT2D eigenvalue weighted by atomic mass is 10.00. The molecule has 0 aliphatic heterocycles. The zero-order valence-electron chi connectivity index (χ0n) is 7.18. The van der Waals surface area contributed by atoms with Gasteiger partial charge in [0.2, 0.25) is 6.43 Å². The van der Waals surface area contributed by atoms with Gasteiger partial charge in [-0.15, -0.1) is 0 Å². The molecule has 1 atom stereocenters. The average molecular weight is 268 g/mol. The average Bonchev–Trinajstić information content (AvgIpc) is 2.02. The summed E-state index contributed by atoms with van der Waals surface area (Å²) in [7, 11) is 0. The maximum absolute atomic E-state index is 12.9. The standard InChI is InChI=1S/C9H9BrF3N/c10-6-1-5(2-7(11)3-6)8(4-14)9(12)13/h1-3,8-9H,4,14H2. The van der Waals surface area contributed by atoms with Crippen molar-refractivity contribution in [3.05, 3.63) is 34.1 Å². The topological polar surface area (TPSA) is 26.0 Å². The molecule has 2 N–H and O–H groups in total. The Balaban J connectivity index is 3.04. The van der Waals surface area contributed by atoms with Gasteiger partial charge in [-0.1, -0.05) is 15.9 Å². The number of benzene rings is 1. The van der Waals surface area contributed by atoms with Gasteiger partial charge < -0.3 is 5.73 Å². The van der Waals surface area contributed by atoms with E-state index < -0.39 is 18.2 Å². The summed E-state index contributed by atoms with van der Waals surface area (Å²) in [6.45, 7) is -0.201. The zero-order valence-corrected chi connectivity index (χ0v) is 8.77. The first kappa shape index (κ1) is 11.5. The Kier molecular flexibility index (Phi) is 3.95. The molecule has 0 radical (unpaired) electrons. The Morgan fingerprint density at radius 3 is 2.36 bits per heavy atom. The van der Waals surface area contributed by atoms with Gasteiger partial charge in [-0.05, 0) is 23.8 Å². The van der Waals surface area contributed by atoms with Crippen LogP contribution >= 0.6 is 15.9 Å². The van der Waals surface area contributed by atoms with Gasteiger partial charge in [0.25, 0.3) is 0 Å². The Labute approximate surface area is 88.2 Å². The van der Waals surface area contributed by atoms with Gasteiger partial charge in [0.15, 0.2) is 0 Å². The lowest BCUT2D eigenvalue weighted by Crippen LogP contribution is -2.19. The van der Waals surface area contributed by atoms with E-state index in [4.69, 9.17) is 5.73 Å². The fourth-order valence-electron chi connectivity index (χ4n) is 1.17. The number of nitrogens with two attached hydrogens (primary N) is 1. The molecule has 0 fully saturated rings. The van der Waals surface area contributed by atoms with E-state index in [0.717, 1.165) is 6.07 Å². The molecule has 1 nitrogen and oxygen atoms in total. The van der Waals surface area contributed by atoms with Crippen LogP contribution in [0.3, 0.4) is 0 Å². The van der Waals surface area contributed by atoms with Crippen molar-refractivity contribution < 1.29 is 13.2 Å². The molecule has 1 rings (SSSR count). The van der Waals surface area contributed by atoms with Crippen LogP contribution in [0, 0.1) is 5.82 Å². The van der Waals surface area contributed by atoms with Crippen LogP contribution < -0.4 is 5.73 Å². The van der Waals surface area contributed by atoms with Crippen LogP contribution in [-0.2, 0) is 0 Å². The zero-order chi connectivity index (χ0) is 10.7. The van der Waals surface area contributed by atoms with Gasteiger partial charge in [-0.2, -0.15) is 0 Å². The number of hydrogen-bond donors (Lipinski definition) is 1. The summed E-state index contributed by atoms with van der Waals surface area (Å²) in [5.74, 6) is -1.66. The second-order valence-corrected chi connectivity index (χ2v) is 3.80. The first-order valence-corrected chi connectivity index (χ1v) is 4.78. The predicted molar refractivity (Wildman–Crippen MR) is 51.9 cm³/mol. The molecule has 1 aromatic carbocycles. The molecule has 1 aromatic rings. The largest absolute Gasteiger partial charge is 0.330 e. The number of halogens is 4. The van der Waals surface area contributed by atoms with E-state index in [1.165, 1.54) is 12.1 Å². The molecule has 0 heterocycles. The van der Waals surface area contributed by atoms with Crippen LogP contribution in [0.25, 0.3) is 0 Å². The minimum Gasteiger partial charge on any atom is -0.330 e. The van der Waals surface area contributed by atoms with Crippen molar-refractivity contribution in [2.45, 2.75) is 12.3 Å². The van der Waals surface area contributed by atoms with Gasteiger partial charge >= 0.3 is 0 Å². The van der Waals surface area contributed by atoms with Crippen LogP contribution in [0.15, 0.2) is 22.7 Å². The maximum atomic E-state index is 12.9. The van der Waals surface area contributed by atoms with Crippen molar-refractivity contribution in [1.82, 2.24) is 0 Å². The number of rotatable bonds is 3. The van der Waals surface area contributed by atoms with Crippen molar-refractivity contribution in [2.75, 3.05) is 6.54 Å². The van der Waals surface area contributed by atoms with Crippen molar-refractivity contribution in [2.24, 2.45) is 5.73 Å². The van der Waals surface area contributed by atoms with Crippen LogP contribution in [0.1, 0.15) is 11.5 Å². The van der Waals surface area contributed by atoms with Crippen LogP contribution in [-0.4, -0.2) is 13.0 Å². The molecule has 5 heteroatoms. The Morgan fingerprint density at radius 2 is 1.93 bits per heavy atom. The van der Waals surface area contributed by atoms with Crippen LogP contribution in [0.4, 0.5) is 13.2 Å². The molecular formula is C9H9BrF3N. The van der Waals surface area contributed by atoms with E-state index in [9.17, 15) is 13.2 Å². The molecule has 14 heavy (non-hydrogen) atoms. The Hall–Kier alpha value is -0.550. The highest BCUT2D eigenvalue weighted by Gasteiger charge is 2.21. The van der Waals surface area contributed by atoms with E-state index in [2.05, 4.69) is 15.9 Å². The van der Waals surface area contributed by atoms with E-state index in [0.29, 0.717) is 4.47 Å². The molecule has 0 aromatic heterocycles. The second-order valence-electron chi connectivity index (χ2n) is 2.88. The molecule has 0 aliphatic rings. The highest BCUT2D eigenvalue weighted by Crippen LogP contribution is 2.25. The first-order valence-electron chi connectivity index (χ1n) is 3.98. The summed E-state index contributed by atoms with van der Waals surface area (Å²) < 4.78 is 38.2. The third-order valence-electron chi connectivity index (χ3n) is 1.87. The van der Waals surface area contributed by atoms with Gasteiger partial charge in [0, 0.05) is 11.0 Å². The maximum Gasteiger partial charge on any atom is 0.246 e. The summed E-state index contributed by atoms with van der Waals surface area (Å²) in [6.07, 6.45) is -2.58. The molecule has 0 saturated heterocycles. The molecule has 0 aliphatic carbocycles. The van der Waals surface area contributed by atoms with Crippen molar-refractivity contribution in [3.63, 3.8) is 0 Å². The van der Waals surface area contributed by atoms with Crippen molar-refractivity contribution in [1.29, 1.82) is 0 Å². The fraction of sp³-hybridized carbons (Fsp3) is 0.333. The van der Waals surface area contributed by atoms with Gasteiger partial charge in [-0.3, -0.25) is 0 Å². The van der Waals surface area contributed by atoms with E-state index >= 15 is 0 Å². The SMILES string of the molecule is NCC(c1cc(F)cc(Br)c1)C(F)F. The molecular weight excluding hydrogens is 259 g/mol. The van der Waals surface area contributed by atoms with Gasteiger partial charge in [-0.25, -0.2) is 13.2 Å². The number of alkyl halides is 2. The molecule has 1 unspecified atom stereocenters. The molecule has 0 amide bonds. The van der Waals surface area contributed by atoms with Crippen LogP contribution in [0.5, 0.6) is 0 Å². The summed E-state index contributed by atoms with van der Waals surface area (Å²) in [5, 5.41) is 0. The van der Waals surface area contributed by atoms with Crippen LogP contribution in [0.2, 0.25) is 0 Å². The molecule has 0 saturated carbocycles. The predicted octanol–water partition coefficient (Wildman–Crippen LogP) is 2.90. The van der Waals surface area contributed by atoms with E-state index in [1.807, 2.05) is 0 Å². The third-order valence-corrected chi connectivity index (χ3v) is 2.33. The van der Waals surface area contributed by atoms with Gasteiger partial charge in [0.1, 0.15) is 5.82 Å². The van der Waals surface area contributed by atoms with Crippen molar-refractivity contribution in [3.8, 4) is 0 Å². The summed E-state index contributed by atoms with van der Waals surface area (Å²) >= 11 is 3.03. The number of hydrogen-bond acceptors (Lipinski definition) is 1. The third kappa shape index (κ3) is 2.72. The first-order chi connectivity index (χ1) is 6.54. The van der Waals surface area contributed by atoms with E-state index in [1.54, 1.807) is 0 Å². The molecule has 0 bridgehead atoms. The lowest BCUT2D eigenvalue weighted by Gasteiger charge is -2.14. The minimum absolute atomic E-state index is 0.201. The second kappa shape index (κ2) is 4.79. The Morgan fingerprint density at radius 1 is 1.29 bits per heavy atom. The fourth-order valence-corrected chi connectivity index (χ4v) is 1.66. The van der Waals surface area contributed by atoms with E-state index in [-0.39, 0.29) is 12.1 Å². The quantitative estimate of drug-likeness (QED) is 0.896. The molecule has 78 valence electrons. The van der Waals surface area contributed by atoms with Gasteiger partial charge in [0.05, 0.1) is 5.92 Å². The smallest absolute Gasteiger partial charge is 0.246 e. The summed E-state index contributed by atoms with van der Waals surface area (Å²) in [5.41, 5.74) is 5.41. The summed E-state index contributed by atoms with van der Waals surface area (Å²) in [6, 6.07) is 3.74. The normalized spacial score (nSPS) is 13.3.